The summed E-state index contributed by atoms with van der Waals surface area (Å²) in [5, 5.41) is 1.45. The summed E-state index contributed by atoms with van der Waals surface area (Å²) in [6, 6.07) is 6.50. The minimum Gasteiger partial charge on any atom is -0.365 e. The summed E-state index contributed by atoms with van der Waals surface area (Å²) < 4.78 is 0. The normalized spacial score (nSPS) is 25.1. The molecule has 4 heteroatoms. The number of para-hydroxylation sites is 1. The van der Waals surface area contributed by atoms with E-state index in [4.69, 9.17) is 17.3 Å². The van der Waals surface area contributed by atoms with Crippen molar-refractivity contribution in [1.29, 1.82) is 0 Å². The lowest BCUT2D eigenvalue weighted by Gasteiger charge is -2.40. The smallest absolute Gasteiger partial charge is 0.0643 e. The Bertz CT molecular complexity index is 397. The van der Waals surface area contributed by atoms with E-state index in [-0.39, 0.29) is 0 Å². The number of anilines is 1. The molecule has 0 radical (unpaired) electrons. The van der Waals surface area contributed by atoms with Crippen LogP contribution in [0.15, 0.2) is 18.2 Å². The van der Waals surface area contributed by atoms with Crippen molar-refractivity contribution in [3.05, 3.63) is 28.8 Å². The molecule has 1 aliphatic rings. The van der Waals surface area contributed by atoms with Gasteiger partial charge < -0.3 is 10.6 Å². The molecule has 1 aromatic carbocycles. The molecule has 0 aliphatic carbocycles. The Hall–Kier alpha value is -0.380. The van der Waals surface area contributed by atoms with Gasteiger partial charge in [-0.1, -0.05) is 30.7 Å². The van der Waals surface area contributed by atoms with Gasteiger partial charge in [0, 0.05) is 30.1 Å². The average Bonchev–Trinajstić information content (AvgIpc) is 2.33. The Balaban J connectivity index is 2.38. The molecule has 1 heterocycles. The first-order valence-corrected chi connectivity index (χ1v) is 7.43. The molecule has 2 atom stereocenters. The van der Waals surface area contributed by atoms with Crippen LogP contribution in [0.3, 0.4) is 0 Å². The molecule has 2 rings (SSSR count). The van der Waals surface area contributed by atoms with Gasteiger partial charge in [0.15, 0.2) is 0 Å². The molecule has 1 aromatic rings. The summed E-state index contributed by atoms with van der Waals surface area (Å²) in [6.07, 6.45) is 0. The predicted molar refractivity (Wildman–Crippen MR) is 78.1 cm³/mol. The maximum atomic E-state index is 6.35. The van der Waals surface area contributed by atoms with Gasteiger partial charge in [0.1, 0.15) is 0 Å². The summed E-state index contributed by atoms with van der Waals surface area (Å²) in [7, 11) is 0. The highest BCUT2D eigenvalue weighted by molar-refractivity contribution is 8.00. The van der Waals surface area contributed by atoms with Crippen molar-refractivity contribution in [2.45, 2.75) is 31.7 Å². The second kappa shape index (κ2) is 5.51. The van der Waals surface area contributed by atoms with Crippen LogP contribution in [-0.2, 0) is 6.54 Å². The van der Waals surface area contributed by atoms with E-state index in [2.05, 4.69) is 24.8 Å². The molecule has 0 aromatic heterocycles. The Kier molecular flexibility index (Phi) is 4.23. The molecule has 2 nitrogen and oxygen atoms in total. The average molecular weight is 271 g/mol. The van der Waals surface area contributed by atoms with Crippen molar-refractivity contribution >= 4 is 29.1 Å². The van der Waals surface area contributed by atoms with E-state index in [9.17, 15) is 0 Å². The van der Waals surface area contributed by atoms with Crippen molar-refractivity contribution in [3.8, 4) is 0 Å². The predicted octanol–water partition coefficient (Wildman–Crippen LogP) is 3.13. The fourth-order valence-corrected chi connectivity index (χ4v) is 3.70. The number of hydrogen-bond acceptors (Lipinski definition) is 3. The van der Waals surface area contributed by atoms with Gasteiger partial charge in [-0.2, -0.15) is 11.8 Å². The van der Waals surface area contributed by atoms with Gasteiger partial charge in [-0.05, 0) is 18.6 Å². The van der Waals surface area contributed by atoms with Crippen LogP contribution in [0.1, 0.15) is 19.4 Å². The lowest BCUT2D eigenvalue weighted by Crippen LogP contribution is -2.45. The zero-order valence-electron chi connectivity index (χ0n) is 10.3. The van der Waals surface area contributed by atoms with Crippen LogP contribution < -0.4 is 10.6 Å². The van der Waals surface area contributed by atoms with Gasteiger partial charge in [0.25, 0.3) is 0 Å². The lowest BCUT2D eigenvalue weighted by molar-refractivity contribution is 0.625. The maximum Gasteiger partial charge on any atom is 0.0643 e. The summed E-state index contributed by atoms with van der Waals surface area (Å²) in [5.41, 5.74) is 8.09. The fourth-order valence-electron chi connectivity index (χ4n) is 2.30. The fraction of sp³-hybridized carbons (Fsp3) is 0.538. The highest BCUT2D eigenvalue weighted by Crippen LogP contribution is 2.35. The summed E-state index contributed by atoms with van der Waals surface area (Å²) >= 11 is 8.38. The van der Waals surface area contributed by atoms with E-state index in [0.29, 0.717) is 17.8 Å². The molecule has 2 N–H and O–H groups in total. The van der Waals surface area contributed by atoms with E-state index in [1.165, 1.54) is 0 Å². The van der Waals surface area contributed by atoms with Crippen molar-refractivity contribution in [3.63, 3.8) is 0 Å². The van der Waals surface area contributed by atoms with Crippen molar-refractivity contribution < 1.29 is 0 Å². The highest BCUT2D eigenvalue weighted by atomic mass is 35.5. The zero-order valence-corrected chi connectivity index (χ0v) is 11.9. The van der Waals surface area contributed by atoms with Gasteiger partial charge >= 0.3 is 0 Å². The number of benzene rings is 1. The molecule has 0 spiro atoms. The zero-order chi connectivity index (χ0) is 12.4. The number of rotatable bonds is 2. The van der Waals surface area contributed by atoms with Crippen LogP contribution in [0, 0.1) is 0 Å². The van der Waals surface area contributed by atoms with Gasteiger partial charge in [-0.25, -0.2) is 0 Å². The molecular formula is C13H19ClN2S. The van der Waals surface area contributed by atoms with Crippen LogP contribution in [0.4, 0.5) is 5.69 Å². The van der Waals surface area contributed by atoms with Crippen LogP contribution in [0.25, 0.3) is 0 Å². The Labute approximate surface area is 113 Å². The third-order valence-corrected chi connectivity index (χ3v) is 5.10. The molecule has 0 bridgehead atoms. The number of nitrogens with zero attached hydrogens (tertiary/aromatic N) is 1. The lowest BCUT2D eigenvalue weighted by atomic mass is 10.1. The molecule has 1 saturated heterocycles. The molecule has 94 valence electrons. The first-order chi connectivity index (χ1) is 8.15. The summed E-state index contributed by atoms with van der Waals surface area (Å²) in [5.74, 6) is 1.15. The topological polar surface area (TPSA) is 29.3 Å². The van der Waals surface area contributed by atoms with Crippen LogP contribution in [0.5, 0.6) is 0 Å². The van der Waals surface area contributed by atoms with E-state index in [0.717, 1.165) is 28.6 Å². The molecule has 2 unspecified atom stereocenters. The van der Waals surface area contributed by atoms with Crippen LogP contribution in [-0.4, -0.2) is 23.6 Å². The highest BCUT2D eigenvalue weighted by Gasteiger charge is 2.27. The Morgan fingerprint density at radius 2 is 2.24 bits per heavy atom. The van der Waals surface area contributed by atoms with E-state index in [1.807, 2.05) is 23.9 Å². The third-order valence-electron chi connectivity index (χ3n) is 3.46. The second-order valence-corrected chi connectivity index (χ2v) is 6.35. The Morgan fingerprint density at radius 1 is 1.47 bits per heavy atom. The van der Waals surface area contributed by atoms with Gasteiger partial charge in [-0.3, -0.25) is 0 Å². The number of thioether (sulfide) groups is 1. The van der Waals surface area contributed by atoms with Crippen molar-refractivity contribution in [1.82, 2.24) is 0 Å². The maximum absolute atomic E-state index is 6.35. The van der Waals surface area contributed by atoms with Crippen LogP contribution in [0.2, 0.25) is 5.02 Å². The van der Waals surface area contributed by atoms with Crippen molar-refractivity contribution in [2.75, 3.05) is 17.2 Å². The summed E-state index contributed by atoms with van der Waals surface area (Å²) in [4.78, 5) is 2.41. The number of hydrogen-bond donors (Lipinski definition) is 1. The minimum absolute atomic E-state index is 0.499. The van der Waals surface area contributed by atoms with Gasteiger partial charge in [0.05, 0.1) is 10.7 Å². The van der Waals surface area contributed by atoms with E-state index < -0.39 is 0 Å². The van der Waals surface area contributed by atoms with Gasteiger partial charge in [-0.15, -0.1) is 0 Å². The molecule has 0 amide bonds. The minimum atomic E-state index is 0.499. The number of halogens is 1. The molecule has 17 heavy (non-hydrogen) atoms. The quantitative estimate of drug-likeness (QED) is 0.895. The largest absolute Gasteiger partial charge is 0.365 e. The molecule has 1 fully saturated rings. The second-order valence-electron chi connectivity index (χ2n) is 4.46. The van der Waals surface area contributed by atoms with E-state index >= 15 is 0 Å². The first kappa shape index (κ1) is 13.1. The summed E-state index contributed by atoms with van der Waals surface area (Å²) in [6.45, 7) is 6.13. The SMILES string of the molecule is CC1SCCN(c2c(Cl)cccc2CN)C1C. The molecule has 1 aliphatic heterocycles. The van der Waals surface area contributed by atoms with E-state index in [1.54, 1.807) is 0 Å². The number of nitrogens with two attached hydrogens (primary N) is 1. The molecular weight excluding hydrogens is 252 g/mol. The van der Waals surface area contributed by atoms with Crippen LogP contribution >= 0.6 is 23.4 Å². The molecule has 0 saturated carbocycles. The first-order valence-electron chi connectivity index (χ1n) is 6.01. The third kappa shape index (κ3) is 2.56. The van der Waals surface area contributed by atoms with Crippen molar-refractivity contribution in [2.24, 2.45) is 5.73 Å². The monoisotopic (exact) mass is 270 g/mol. The standard InChI is InChI=1S/C13H19ClN2S/c1-9-10(2)17-7-6-16(9)13-11(8-15)4-3-5-12(13)14/h3-5,9-10H,6-8,15H2,1-2H3. The Morgan fingerprint density at radius 3 is 2.94 bits per heavy atom. The van der Waals surface area contributed by atoms with Gasteiger partial charge in [0.2, 0.25) is 0 Å².